The van der Waals surface area contributed by atoms with Crippen LogP contribution in [0.25, 0.3) is 0 Å². The van der Waals surface area contributed by atoms with Crippen LogP contribution in [0, 0.1) is 0 Å². The van der Waals surface area contributed by atoms with Gasteiger partial charge < -0.3 is 5.11 Å². The number of amides is 2. The number of hydrogen-bond acceptors (Lipinski definition) is 4. The average Bonchev–Trinajstić information content (AvgIpc) is 2.35. The van der Waals surface area contributed by atoms with E-state index in [1.807, 2.05) is 0 Å². The Hall–Kier alpha value is -1.20. The molecule has 1 heterocycles. The summed E-state index contributed by atoms with van der Waals surface area (Å²) in [5.74, 6) is -0.859. The summed E-state index contributed by atoms with van der Waals surface area (Å²) in [6.45, 7) is 3.23. The number of hydroxylamine groups is 2. The molecule has 0 bridgehead atoms. The average molecular weight is 171 g/mol. The fraction of sp³-hybridized carbons (Fsp3) is 0.429. The molecule has 5 nitrogen and oxygen atoms in total. The molecule has 1 aliphatic rings. The molecule has 1 aliphatic heterocycles. The quantitative estimate of drug-likeness (QED) is 0.355. The summed E-state index contributed by atoms with van der Waals surface area (Å²) < 4.78 is 0. The molecule has 1 saturated heterocycles. The maximum Gasteiger partial charge on any atom is 0.254 e. The van der Waals surface area contributed by atoms with Crippen molar-refractivity contribution in [2.45, 2.75) is 19.1 Å². The van der Waals surface area contributed by atoms with E-state index in [4.69, 9.17) is 5.11 Å². The van der Waals surface area contributed by atoms with Crippen molar-refractivity contribution in [2.24, 2.45) is 0 Å². The molecule has 0 aliphatic carbocycles. The van der Waals surface area contributed by atoms with Crippen LogP contribution in [-0.4, -0.2) is 28.3 Å². The molecular formula is C7H9NO4. The molecular weight excluding hydrogens is 162 g/mol. The SMILES string of the molecule is C=CC(O)ON1C(=O)CCC1=O. The molecule has 0 saturated carbocycles. The summed E-state index contributed by atoms with van der Waals surface area (Å²) in [6, 6.07) is 0. The summed E-state index contributed by atoms with van der Waals surface area (Å²) >= 11 is 0. The number of carbonyl (C=O) groups excluding carboxylic acids is 2. The molecule has 1 rings (SSSR count). The van der Waals surface area contributed by atoms with E-state index in [0.717, 1.165) is 6.08 Å². The summed E-state index contributed by atoms with van der Waals surface area (Å²) in [5, 5.41) is 9.44. The van der Waals surface area contributed by atoms with Crippen LogP contribution in [0.3, 0.4) is 0 Å². The van der Waals surface area contributed by atoms with Crippen LogP contribution in [0.1, 0.15) is 12.8 Å². The highest BCUT2D eigenvalue weighted by molar-refractivity contribution is 6.00. The zero-order valence-electron chi connectivity index (χ0n) is 6.40. The molecule has 0 aromatic heterocycles. The van der Waals surface area contributed by atoms with E-state index < -0.39 is 18.1 Å². The summed E-state index contributed by atoms with van der Waals surface area (Å²) in [7, 11) is 0. The summed E-state index contributed by atoms with van der Waals surface area (Å²) in [5.41, 5.74) is 0. The lowest BCUT2D eigenvalue weighted by Crippen LogP contribution is -2.33. The third-order valence-corrected chi connectivity index (χ3v) is 1.42. The third kappa shape index (κ3) is 1.69. The minimum atomic E-state index is -1.31. The monoisotopic (exact) mass is 171 g/mol. The van der Waals surface area contributed by atoms with Crippen molar-refractivity contribution < 1.29 is 19.5 Å². The lowest BCUT2D eigenvalue weighted by molar-refractivity contribution is -0.229. The Labute approximate surface area is 69.2 Å². The minimum Gasteiger partial charge on any atom is -0.363 e. The molecule has 1 atom stereocenters. The van der Waals surface area contributed by atoms with Gasteiger partial charge in [-0.15, -0.1) is 0 Å². The molecule has 0 spiro atoms. The number of nitrogens with zero attached hydrogens (tertiary/aromatic N) is 1. The molecule has 1 N–H and O–H groups in total. The first kappa shape index (κ1) is 8.89. The van der Waals surface area contributed by atoms with Gasteiger partial charge in [0.25, 0.3) is 11.8 Å². The van der Waals surface area contributed by atoms with Crippen molar-refractivity contribution >= 4 is 11.8 Å². The highest BCUT2D eigenvalue weighted by Crippen LogP contribution is 2.12. The van der Waals surface area contributed by atoms with E-state index in [9.17, 15) is 9.59 Å². The maximum atomic E-state index is 10.9. The van der Waals surface area contributed by atoms with E-state index >= 15 is 0 Å². The van der Waals surface area contributed by atoms with Gasteiger partial charge in [0.05, 0.1) is 0 Å². The Kier molecular flexibility index (Phi) is 2.57. The zero-order valence-corrected chi connectivity index (χ0v) is 6.40. The van der Waals surface area contributed by atoms with Crippen molar-refractivity contribution in [2.75, 3.05) is 0 Å². The topological polar surface area (TPSA) is 66.8 Å². The van der Waals surface area contributed by atoms with Gasteiger partial charge in [-0.05, 0) is 6.08 Å². The number of imide groups is 1. The molecule has 5 heteroatoms. The second kappa shape index (κ2) is 3.46. The Morgan fingerprint density at radius 1 is 1.50 bits per heavy atom. The van der Waals surface area contributed by atoms with Crippen LogP contribution in [-0.2, 0) is 14.4 Å². The van der Waals surface area contributed by atoms with Crippen molar-refractivity contribution in [1.82, 2.24) is 5.06 Å². The minimum absolute atomic E-state index is 0.142. The summed E-state index contributed by atoms with van der Waals surface area (Å²) in [4.78, 5) is 26.3. The highest BCUT2D eigenvalue weighted by Gasteiger charge is 2.31. The molecule has 12 heavy (non-hydrogen) atoms. The number of aliphatic hydroxyl groups is 1. The Morgan fingerprint density at radius 2 is 2.00 bits per heavy atom. The van der Waals surface area contributed by atoms with Crippen LogP contribution < -0.4 is 0 Å². The van der Waals surface area contributed by atoms with Crippen molar-refractivity contribution in [3.8, 4) is 0 Å². The Balaban J connectivity index is 2.55. The Bertz CT molecular complexity index is 209. The van der Waals surface area contributed by atoms with Crippen LogP contribution in [0.4, 0.5) is 0 Å². The van der Waals surface area contributed by atoms with Crippen molar-refractivity contribution in [1.29, 1.82) is 0 Å². The second-order valence-electron chi connectivity index (χ2n) is 2.31. The van der Waals surface area contributed by atoms with E-state index in [1.165, 1.54) is 0 Å². The van der Waals surface area contributed by atoms with E-state index in [2.05, 4.69) is 11.4 Å². The molecule has 1 fully saturated rings. The van der Waals surface area contributed by atoms with Crippen LogP contribution in [0.2, 0.25) is 0 Å². The molecule has 66 valence electrons. The number of rotatable bonds is 3. The number of carbonyl (C=O) groups is 2. The van der Waals surface area contributed by atoms with Gasteiger partial charge in [-0.25, -0.2) is 4.84 Å². The normalized spacial score (nSPS) is 19.9. The first-order chi connectivity index (χ1) is 5.65. The summed E-state index contributed by atoms with van der Waals surface area (Å²) in [6.07, 6.45) is 0.0561. The zero-order chi connectivity index (χ0) is 9.14. The molecule has 2 amide bonds. The van der Waals surface area contributed by atoms with E-state index in [0.29, 0.717) is 5.06 Å². The van der Waals surface area contributed by atoms with Gasteiger partial charge in [0.15, 0.2) is 0 Å². The molecule has 0 aromatic rings. The molecule has 0 radical (unpaired) electrons. The largest absolute Gasteiger partial charge is 0.363 e. The fourth-order valence-corrected chi connectivity index (χ4v) is 0.825. The van der Waals surface area contributed by atoms with Crippen molar-refractivity contribution in [3.05, 3.63) is 12.7 Å². The third-order valence-electron chi connectivity index (χ3n) is 1.42. The lowest BCUT2D eigenvalue weighted by Gasteiger charge is -2.14. The first-order valence-corrected chi connectivity index (χ1v) is 3.48. The van der Waals surface area contributed by atoms with Gasteiger partial charge in [-0.3, -0.25) is 9.59 Å². The van der Waals surface area contributed by atoms with Crippen molar-refractivity contribution in [3.63, 3.8) is 0 Å². The number of hydrogen-bond donors (Lipinski definition) is 1. The Morgan fingerprint density at radius 3 is 2.42 bits per heavy atom. The number of aliphatic hydroxyl groups excluding tert-OH is 1. The standard InChI is InChI=1S/C7H9NO4/c1-2-7(11)12-8-5(9)3-4-6(8)10/h2,7,11H,1,3-4H2. The van der Waals surface area contributed by atoms with Crippen LogP contribution in [0.15, 0.2) is 12.7 Å². The van der Waals surface area contributed by atoms with Gasteiger partial charge in [0.2, 0.25) is 6.29 Å². The van der Waals surface area contributed by atoms with Gasteiger partial charge in [0.1, 0.15) is 0 Å². The van der Waals surface area contributed by atoms with Crippen LogP contribution >= 0.6 is 0 Å². The smallest absolute Gasteiger partial charge is 0.254 e. The fourth-order valence-electron chi connectivity index (χ4n) is 0.825. The lowest BCUT2D eigenvalue weighted by atomic mass is 10.4. The van der Waals surface area contributed by atoms with Crippen LogP contribution in [0.5, 0.6) is 0 Å². The molecule has 1 unspecified atom stereocenters. The van der Waals surface area contributed by atoms with E-state index in [-0.39, 0.29) is 12.8 Å². The predicted octanol–water partition coefficient (Wildman–Crippen LogP) is -0.429. The highest BCUT2D eigenvalue weighted by atomic mass is 16.8. The van der Waals surface area contributed by atoms with E-state index in [1.54, 1.807) is 0 Å². The van der Waals surface area contributed by atoms with Gasteiger partial charge in [-0.1, -0.05) is 6.58 Å². The van der Waals surface area contributed by atoms with Gasteiger partial charge in [0, 0.05) is 12.8 Å². The first-order valence-electron chi connectivity index (χ1n) is 3.48. The predicted molar refractivity (Wildman–Crippen MR) is 38.4 cm³/mol. The van der Waals surface area contributed by atoms with Gasteiger partial charge >= 0.3 is 0 Å². The maximum absolute atomic E-state index is 10.9. The molecule has 0 aromatic carbocycles. The van der Waals surface area contributed by atoms with Gasteiger partial charge in [-0.2, -0.15) is 5.06 Å². The second-order valence-corrected chi connectivity index (χ2v) is 2.31.